The van der Waals surface area contributed by atoms with Gasteiger partial charge in [-0.1, -0.05) is 64.2 Å². The Morgan fingerprint density at radius 2 is 1.19 bits per heavy atom. The van der Waals surface area contributed by atoms with E-state index in [1.165, 1.54) is 0 Å². The van der Waals surface area contributed by atoms with Gasteiger partial charge < -0.3 is 0 Å². The zero-order valence-electron chi connectivity index (χ0n) is 13.2. The number of hydrogen-bond donors (Lipinski definition) is 0. The standard InChI is InChI=1S/C17H16O2.C2H6/c1-17(2)9-7-13-14(8-10-17)16(19)12-6-4-3-5-11(12)15(13)18;1-2/h5-10H,3-4H2,1-2H3;1-2H3. The van der Waals surface area contributed by atoms with Crippen molar-refractivity contribution < 1.29 is 9.59 Å². The van der Waals surface area contributed by atoms with Crippen molar-refractivity contribution in [2.45, 2.75) is 40.5 Å². The fourth-order valence-electron chi connectivity index (χ4n) is 2.62. The number of ketones is 2. The molecule has 0 bridgehead atoms. The van der Waals surface area contributed by atoms with Crippen molar-refractivity contribution in [1.29, 1.82) is 0 Å². The minimum Gasteiger partial charge on any atom is -0.289 e. The van der Waals surface area contributed by atoms with Gasteiger partial charge in [0.15, 0.2) is 11.6 Å². The summed E-state index contributed by atoms with van der Waals surface area (Å²) in [5.41, 5.74) is 2.13. The number of carbonyl (C=O) groups is 2. The van der Waals surface area contributed by atoms with Crippen molar-refractivity contribution in [2.24, 2.45) is 5.41 Å². The number of carbonyl (C=O) groups excluding carboxylic acids is 2. The van der Waals surface area contributed by atoms with Crippen LogP contribution in [0.4, 0.5) is 0 Å². The number of allylic oxidation sites excluding steroid dienone is 10. The molecule has 0 aliphatic heterocycles. The quantitative estimate of drug-likeness (QED) is 0.665. The van der Waals surface area contributed by atoms with Gasteiger partial charge in [0.2, 0.25) is 0 Å². The maximum atomic E-state index is 12.5. The molecule has 0 amide bonds. The molecule has 0 aromatic rings. The number of hydrogen-bond acceptors (Lipinski definition) is 2. The van der Waals surface area contributed by atoms with E-state index in [4.69, 9.17) is 0 Å². The van der Waals surface area contributed by atoms with Crippen molar-refractivity contribution in [1.82, 2.24) is 0 Å². The molecule has 0 saturated heterocycles. The Bertz CT molecular complexity index is 580. The Balaban J connectivity index is 0.000000774. The summed E-state index contributed by atoms with van der Waals surface area (Å²) in [6.07, 6.45) is 13.0. The molecule has 0 spiro atoms. The average molecular weight is 282 g/mol. The van der Waals surface area contributed by atoms with Gasteiger partial charge in [-0.15, -0.1) is 0 Å². The molecular weight excluding hydrogens is 260 g/mol. The normalized spacial score (nSPS) is 22.5. The van der Waals surface area contributed by atoms with Crippen LogP contribution in [0.2, 0.25) is 0 Å². The van der Waals surface area contributed by atoms with Gasteiger partial charge in [-0.25, -0.2) is 0 Å². The Hall–Kier alpha value is -1.96. The Morgan fingerprint density at radius 3 is 1.57 bits per heavy atom. The number of fused-ring (bicyclic) bond motifs is 1. The fourth-order valence-corrected chi connectivity index (χ4v) is 2.62. The highest BCUT2D eigenvalue weighted by Crippen LogP contribution is 2.35. The lowest BCUT2D eigenvalue weighted by Crippen LogP contribution is -2.24. The van der Waals surface area contributed by atoms with Gasteiger partial charge in [0.05, 0.1) is 0 Å². The zero-order chi connectivity index (χ0) is 15.6. The lowest BCUT2D eigenvalue weighted by Gasteiger charge is -2.21. The number of rotatable bonds is 0. The van der Waals surface area contributed by atoms with Crippen molar-refractivity contribution in [2.75, 3.05) is 0 Å². The van der Waals surface area contributed by atoms with E-state index >= 15 is 0 Å². The van der Waals surface area contributed by atoms with Crippen LogP contribution < -0.4 is 0 Å². The van der Waals surface area contributed by atoms with E-state index in [9.17, 15) is 9.59 Å². The smallest absolute Gasteiger partial charge is 0.194 e. The summed E-state index contributed by atoms with van der Waals surface area (Å²) in [7, 11) is 0. The molecule has 2 nitrogen and oxygen atoms in total. The second-order valence-corrected chi connectivity index (χ2v) is 5.79. The molecule has 0 aromatic heterocycles. The first-order chi connectivity index (χ1) is 9.99. The molecule has 0 N–H and O–H groups in total. The highest BCUT2D eigenvalue weighted by atomic mass is 16.1. The summed E-state index contributed by atoms with van der Waals surface area (Å²) in [6, 6.07) is 0. The molecule has 0 heterocycles. The second-order valence-electron chi connectivity index (χ2n) is 5.79. The molecule has 0 aromatic carbocycles. The molecule has 0 unspecified atom stereocenters. The number of Topliss-reactive ketones (excluding diaryl/α,β-unsaturated/α-hetero) is 2. The topological polar surface area (TPSA) is 34.1 Å². The molecule has 110 valence electrons. The van der Waals surface area contributed by atoms with Crippen LogP contribution in [0.25, 0.3) is 0 Å². The van der Waals surface area contributed by atoms with E-state index < -0.39 is 0 Å². The summed E-state index contributed by atoms with van der Waals surface area (Å²) in [4.78, 5) is 25.0. The highest BCUT2D eigenvalue weighted by molar-refractivity contribution is 6.31. The minimum absolute atomic E-state index is 0.0147. The van der Waals surface area contributed by atoms with E-state index in [1.807, 2.05) is 50.3 Å². The lowest BCUT2D eigenvalue weighted by molar-refractivity contribution is -0.116. The first kappa shape index (κ1) is 15.4. The molecule has 3 aliphatic rings. The van der Waals surface area contributed by atoms with Crippen molar-refractivity contribution in [3.63, 3.8) is 0 Å². The maximum Gasteiger partial charge on any atom is 0.194 e. The zero-order valence-corrected chi connectivity index (χ0v) is 13.2. The summed E-state index contributed by atoms with van der Waals surface area (Å²) in [5.74, 6) is -0.0294. The fraction of sp³-hybridized carbons (Fsp3) is 0.368. The molecule has 3 rings (SSSR count). The summed E-state index contributed by atoms with van der Waals surface area (Å²) in [6.45, 7) is 8.11. The summed E-state index contributed by atoms with van der Waals surface area (Å²) >= 11 is 0. The molecule has 0 radical (unpaired) electrons. The molecule has 3 aliphatic carbocycles. The SMILES string of the molecule is CC.CC1(C)C=CC2=C(C=C1)C(=O)C1=CCCC=C1C2=O. The highest BCUT2D eigenvalue weighted by Gasteiger charge is 2.34. The van der Waals surface area contributed by atoms with E-state index in [1.54, 1.807) is 0 Å². The van der Waals surface area contributed by atoms with Crippen LogP contribution in [0, 0.1) is 5.41 Å². The van der Waals surface area contributed by atoms with Gasteiger partial charge in [-0.05, 0) is 12.8 Å². The third-order valence-corrected chi connectivity index (χ3v) is 3.78. The minimum atomic E-state index is -0.133. The Labute approximate surface area is 126 Å². The van der Waals surface area contributed by atoms with Gasteiger partial charge in [-0.2, -0.15) is 0 Å². The monoisotopic (exact) mass is 282 g/mol. The second kappa shape index (κ2) is 5.80. The first-order valence-electron chi connectivity index (χ1n) is 7.62. The third-order valence-electron chi connectivity index (χ3n) is 3.78. The van der Waals surface area contributed by atoms with E-state index in [0.717, 1.165) is 12.8 Å². The van der Waals surface area contributed by atoms with Crippen LogP contribution in [0.5, 0.6) is 0 Å². The third kappa shape index (κ3) is 2.76. The molecule has 21 heavy (non-hydrogen) atoms. The van der Waals surface area contributed by atoms with Crippen LogP contribution in [-0.2, 0) is 9.59 Å². The Morgan fingerprint density at radius 1 is 0.810 bits per heavy atom. The average Bonchev–Trinajstić information content (AvgIpc) is 2.66. The summed E-state index contributed by atoms with van der Waals surface area (Å²) < 4.78 is 0. The first-order valence-corrected chi connectivity index (χ1v) is 7.62. The molecule has 2 heteroatoms. The van der Waals surface area contributed by atoms with Gasteiger partial charge in [-0.3, -0.25) is 9.59 Å². The molecule has 0 saturated carbocycles. The summed E-state index contributed by atoms with van der Waals surface area (Å²) in [5, 5.41) is 0. The van der Waals surface area contributed by atoms with E-state index in [0.29, 0.717) is 22.3 Å². The van der Waals surface area contributed by atoms with E-state index in [-0.39, 0.29) is 17.0 Å². The lowest BCUT2D eigenvalue weighted by atomic mass is 9.79. The Kier molecular flexibility index (Phi) is 4.26. The molecule has 0 fully saturated rings. The van der Waals surface area contributed by atoms with Crippen LogP contribution in [0.15, 0.2) is 58.7 Å². The van der Waals surface area contributed by atoms with Crippen LogP contribution in [0.1, 0.15) is 40.5 Å². The van der Waals surface area contributed by atoms with Gasteiger partial charge in [0.25, 0.3) is 0 Å². The largest absolute Gasteiger partial charge is 0.289 e. The van der Waals surface area contributed by atoms with Crippen molar-refractivity contribution in [3.8, 4) is 0 Å². The van der Waals surface area contributed by atoms with Crippen LogP contribution in [-0.4, -0.2) is 11.6 Å². The van der Waals surface area contributed by atoms with Crippen LogP contribution >= 0.6 is 0 Å². The van der Waals surface area contributed by atoms with Gasteiger partial charge in [0.1, 0.15) is 0 Å². The maximum absolute atomic E-state index is 12.5. The molecule has 0 atom stereocenters. The predicted molar refractivity (Wildman–Crippen MR) is 85.8 cm³/mol. The van der Waals surface area contributed by atoms with Gasteiger partial charge >= 0.3 is 0 Å². The predicted octanol–water partition coefficient (Wildman–Crippen LogP) is 4.26. The van der Waals surface area contributed by atoms with E-state index in [2.05, 4.69) is 13.8 Å². The van der Waals surface area contributed by atoms with Crippen LogP contribution in [0.3, 0.4) is 0 Å². The van der Waals surface area contributed by atoms with Crippen molar-refractivity contribution >= 4 is 11.6 Å². The molecular formula is C19H22O2. The van der Waals surface area contributed by atoms with Gasteiger partial charge in [0, 0.05) is 27.7 Å². The van der Waals surface area contributed by atoms with Crippen molar-refractivity contribution in [3.05, 3.63) is 58.7 Å².